The van der Waals surface area contributed by atoms with E-state index in [0.29, 0.717) is 17.3 Å². The molecule has 0 fully saturated rings. The Kier molecular flexibility index (Phi) is 6.15. The van der Waals surface area contributed by atoms with Crippen LogP contribution in [0.3, 0.4) is 0 Å². The topological polar surface area (TPSA) is 59.7 Å². The van der Waals surface area contributed by atoms with Crippen molar-refractivity contribution in [3.8, 4) is 18.3 Å². The monoisotopic (exact) mass is 420 g/mol. The zero-order valence-corrected chi connectivity index (χ0v) is 16.1. The molecule has 150 valence electrons. The molecule has 0 radical (unpaired) electrons. The number of rotatable bonds is 6. The summed E-state index contributed by atoms with van der Waals surface area (Å²) < 4.78 is 40.8. The largest absolute Gasteiger partial charge is 0.416 e. The van der Waals surface area contributed by atoms with E-state index < -0.39 is 11.7 Å². The highest BCUT2D eigenvalue weighted by molar-refractivity contribution is 6.30. The fourth-order valence-corrected chi connectivity index (χ4v) is 3.10. The van der Waals surface area contributed by atoms with Gasteiger partial charge in [0.05, 0.1) is 18.2 Å². The molecule has 1 atom stereocenters. The maximum absolute atomic E-state index is 13.1. The van der Waals surface area contributed by atoms with Crippen molar-refractivity contribution in [1.82, 2.24) is 29.6 Å². The van der Waals surface area contributed by atoms with Crippen LogP contribution in [-0.2, 0) is 12.7 Å². The summed E-state index contributed by atoms with van der Waals surface area (Å²) in [6, 6.07) is 4.73. The minimum absolute atomic E-state index is 0.00369. The molecule has 2 aromatic heterocycles. The first-order valence-electron chi connectivity index (χ1n) is 8.51. The number of aromatic nitrogens is 5. The molecule has 10 heteroatoms. The Balaban J connectivity index is 1.91. The SMILES string of the molecule is C#CCN(Cc1cc(Cl)cc(C(F)(F)F)c1)C(C)c1ncnn1-c1ncccn1. The quantitative estimate of drug-likeness (QED) is 0.565. The Bertz CT molecular complexity index is 1010. The van der Waals surface area contributed by atoms with Gasteiger partial charge in [-0.05, 0) is 36.8 Å². The van der Waals surface area contributed by atoms with Crippen molar-refractivity contribution in [2.45, 2.75) is 25.7 Å². The van der Waals surface area contributed by atoms with Crippen LogP contribution in [0.2, 0.25) is 5.02 Å². The van der Waals surface area contributed by atoms with Crippen molar-refractivity contribution in [2.24, 2.45) is 0 Å². The van der Waals surface area contributed by atoms with E-state index in [-0.39, 0.29) is 24.2 Å². The summed E-state index contributed by atoms with van der Waals surface area (Å²) in [4.78, 5) is 14.4. The van der Waals surface area contributed by atoms with Gasteiger partial charge in [-0.25, -0.2) is 15.0 Å². The van der Waals surface area contributed by atoms with Crippen LogP contribution in [0.5, 0.6) is 0 Å². The van der Waals surface area contributed by atoms with Gasteiger partial charge in [-0.3, -0.25) is 4.90 Å². The van der Waals surface area contributed by atoms with Crippen LogP contribution >= 0.6 is 11.6 Å². The fourth-order valence-electron chi connectivity index (χ4n) is 2.84. The zero-order chi connectivity index (χ0) is 21.0. The third kappa shape index (κ3) is 4.91. The molecule has 0 spiro atoms. The fraction of sp³-hybridized carbons (Fsp3) is 0.263. The van der Waals surface area contributed by atoms with Gasteiger partial charge in [0.1, 0.15) is 6.33 Å². The third-order valence-electron chi connectivity index (χ3n) is 4.20. The predicted molar refractivity (Wildman–Crippen MR) is 101 cm³/mol. The molecule has 0 bridgehead atoms. The van der Waals surface area contributed by atoms with Crippen LogP contribution in [0.1, 0.15) is 29.9 Å². The van der Waals surface area contributed by atoms with Gasteiger partial charge in [0, 0.05) is 24.0 Å². The molecule has 0 saturated heterocycles. The molecular formula is C19H16ClF3N6. The molecule has 2 heterocycles. The van der Waals surface area contributed by atoms with Gasteiger partial charge in [0.15, 0.2) is 5.82 Å². The molecule has 0 amide bonds. The van der Waals surface area contributed by atoms with E-state index in [1.165, 1.54) is 17.1 Å². The second-order valence-corrected chi connectivity index (χ2v) is 6.65. The average Bonchev–Trinajstić information content (AvgIpc) is 3.16. The molecule has 3 rings (SSSR count). The maximum Gasteiger partial charge on any atom is 0.416 e. The number of halogens is 4. The molecule has 1 unspecified atom stereocenters. The number of terminal acetylenes is 1. The van der Waals surface area contributed by atoms with Gasteiger partial charge in [-0.1, -0.05) is 17.5 Å². The van der Waals surface area contributed by atoms with Gasteiger partial charge in [0.2, 0.25) is 0 Å². The summed E-state index contributed by atoms with van der Waals surface area (Å²) >= 11 is 5.90. The zero-order valence-electron chi connectivity index (χ0n) is 15.3. The van der Waals surface area contributed by atoms with Crippen molar-refractivity contribution >= 4 is 11.6 Å². The second kappa shape index (κ2) is 8.59. The number of alkyl halides is 3. The molecule has 0 saturated carbocycles. The van der Waals surface area contributed by atoms with Crippen molar-refractivity contribution in [3.05, 3.63) is 65.0 Å². The lowest BCUT2D eigenvalue weighted by Crippen LogP contribution is -2.29. The number of hydrogen-bond donors (Lipinski definition) is 0. The molecule has 0 aliphatic carbocycles. The average molecular weight is 421 g/mol. The molecular weight excluding hydrogens is 405 g/mol. The van der Waals surface area contributed by atoms with Crippen LogP contribution < -0.4 is 0 Å². The Morgan fingerprint density at radius 2 is 1.93 bits per heavy atom. The number of benzene rings is 1. The van der Waals surface area contributed by atoms with E-state index >= 15 is 0 Å². The Labute approximate surface area is 170 Å². The molecule has 1 aromatic carbocycles. The van der Waals surface area contributed by atoms with Gasteiger partial charge in [-0.15, -0.1) is 6.42 Å². The van der Waals surface area contributed by atoms with E-state index in [9.17, 15) is 13.2 Å². The molecule has 3 aromatic rings. The summed E-state index contributed by atoms with van der Waals surface area (Å²) in [5, 5.41) is 4.15. The molecule has 29 heavy (non-hydrogen) atoms. The molecule has 0 N–H and O–H groups in total. The normalized spacial score (nSPS) is 12.7. The highest BCUT2D eigenvalue weighted by atomic mass is 35.5. The minimum atomic E-state index is -4.49. The van der Waals surface area contributed by atoms with Crippen LogP contribution in [0.15, 0.2) is 43.0 Å². The number of nitrogens with zero attached hydrogens (tertiary/aromatic N) is 6. The van der Waals surface area contributed by atoms with Crippen molar-refractivity contribution in [3.63, 3.8) is 0 Å². The van der Waals surface area contributed by atoms with Crippen LogP contribution in [-0.4, -0.2) is 36.2 Å². The van der Waals surface area contributed by atoms with Gasteiger partial charge < -0.3 is 0 Å². The van der Waals surface area contributed by atoms with Crippen LogP contribution in [0, 0.1) is 12.3 Å². The lowest BCUT2D eigenvalue weighted by molar-refractivity contribution is -0.137. The summed E-state index contributed by atoms with van der Waals surface area (Å²) in [7, 11) is 0. The summed E-state index contributed by atoms with van der Waals surface area (Å²) in [5.74, 6) is 3.36. The van der Waals surface area contributed by atoms with E-state index in [0.717, 1.165) is 12.1 Å². The predicted octanol–water partition coefficient (Wildman–Crippen LogP) is 3.93. The van der Waals surface area contributed by atoms with Crippen LogP contribution in [0.4, 0.5) is 13.2 Å². The first kappa shape index (κ1) is 20.8. The lowest BCUT2D eigenvalue weighted by Gasteiger charge is -2.27. The first-order chi connectivity index (χ1) is 13.8. The highest BCUT2D eigenvalue weighted by Gasteiger charge is 2.31. The maximum atomic E-state index is 13.1. The van der Waals surface area contributed by atoms with E-state index in [4.69, 9.17) is 18.0 Å². The summed E-state index contributed by atoms with van der Waals surface area (Å²) in [5.41, 5.74) is -0.428. The van der Waals surface area contributed by atoms with E-state index in [1.807, 2.05) is 6.92 Å². The van der Waals surface area contributed by atoms with Crippen LogP contribution in [0.25, 0.3) is 5.95 Å². The van der Waals surface area contributed by atoms with Crippen molar-refractivity contribution in [2.75, 3.05) is 6.54 Å². The number of hydrogen-bond acceptors (Lipinski definition) is 5. The molecule has 0 aliphatic rings. The Hall–Kier alpha value is -2.96. The van der Waals surface area contributed by atoms with Crippen molar-refractivity contribution < 1.29 is 13.2 Å². The van der Waals surface area contributed by atoms with Gasteiger partial charge in [0.25, 0.3) is 5.95 Å². The Morgan fingerprint density at radius 1 is 1.21 bits per heavy atom. The lowest BCUT2D eigenvalue weighted by atomic mass is 10.1. The van der Waals surface area contributed by atoms with Crippen molar-refractivity contribution in [1.29, 1.82) is 0 Å². The summed E-state index contributed by atoms with van der Waals surface area (Å²) in [6.45, 7) is 2.14. The molecule has 6 nitrogen and oxygen atoms in total. The second-order valence-electron chi connectivity index (χ2n) is 6.21. The summed E-state index contributed by atoms with van der Waals surface area (Å²) in [6.07, 6.45) is 5.50. The van der Waals surface area contributed by atoms with Gasteiger partial charge in [-0.2, -0.15) is 23.0 Å². The Morgan fingerprint density at radius 3 is 2.59 bits per heavy atom. The van der Waals surface area contributed by atoms with Gasteiger partial charge >= 0.3 is 6.18 Å². The van der Waals surface area contributed by atoms with E-state index in [1.54, 1.807) is 23.4 Å². The smallest absolute Gasteiger partial charge is 0.278 e. The molecule has 0 aliphatic heterocycles. The minimum Gasteiger partial charge on any atom is -0.278 e. The highest BCUT2D eigenvalue weighted by Crippen LogP contribution is 2.32. The van der Waals surface area contributed by atoms with E-state index in [2.05, 4.69) is 26.0 Å². The standard InChI is InChI=1S/C19H16ClF3N6/c1-3-7-28(11-14-8-15(19(21,22)23)10-16(20)9-14)13(2)17-26-12-27-29(17)18-24-5-4-6-25-18/h1,4-6,8-10,12-13H,7,11H2,2H3. The third-order valence-corrected chi connectivity index (χ3v) is 4.42. The first-order valence-corrected chi connectivity index (χ1v) is 8.89.